The van der Waals surface area contributed by atoms with E-state index in [0.29, 0.717) is 0 Å². The molecule has 4 atom stereocenters. The summed E-state index contributed by atoms with van der Waals surface area (Å²) >= 11 is 0. The predicted octanol–water partition coefficient (Wildman–Crippen LogP) is 1.26. The molecule has 15 nitrogen and oxygen atoms in total. The van der Waals surface area contributed by atoms with Crippen molar-refractivity contribution in [2.24, 2.45) is 0 Å². The maximum atomic E-state index is 14.0. The molecule has 37 heavy (non-hydrogen) atoms. The van der Waals surface area contributed by atoms with Gasteiger partial charge < -0.3 is 29.2 Å². The number of fused-ring (bicyclic) bond motifs is 1. The van der Waals surface area contributed by atoms with E-state index in [0.717, 1.165) is 26.0 Å². The Morgan fingerprint density at radius 1 is 1.14 bits per heavy atom. The van der Waals surface area contributed by atoms with Crippen LogP contribution in [0.4, 0.5) is 15.9 Å². The first-order valence-corrected chi connectivity index (χ1v) is 10.7. The summed E-state index contributed by atoms with van der Waals surface area (Å²) in [6.45, 7) is 1.91. The van der Waals surface area contributed by atoms with Crippen molar-refractivity contribution in [2.45, 2.75) is 38.4 Å². The normalized spacial score (nSPS) is 20.8. The molecule has 1 aliphatic heterocycles. The van der Waals surface area contributed by atoms with Crippen LogP contribution in [-0.4, -0.2) is 73.9 Å². The number of rotatable bonds is 8. The number of halogens is 1. The van der Waals surface area contributed by atoms with Crippen molar-refractivity contribution in [1.29, 1.82) is 0 Å². The zero-order valence-corrected chi connectivity index (χ0v) is 19.2. The fraction of sp³-hybridized carbons (Fsp3) is 0.333. The lowest BCUT2D eigenvalue weighted by Gasteiger charge is -2.24. The number of H-pyrrole nitrogens is 1. The Hall–Kier alpha value is -4.73. The van der Waals surface area contributed by atoms with Crippen LogP contribution in [0.5, 0.6) is 0 Å². The number of aromatic nitrogens is 4. The highest BCUT2D eigenvalue weighted by Crippen LogP contribution is 2.30. The summed E-state index contributed by atoms with van der Waals surface area (Å²) in [6.07, 6.45) is -4.84. The molecule has 1 fully saturated rings. The fourth-order valence-corrected chi connectivity index (χ4v) is 3.60. The number of hydrogen-bond acceptors (Lipinski definition) is 13. The SMILES string of the molecule is CC(=O)OC[C@H]1OC(Nc2nc(F)nc3nc[nH]c23)[C@@H](OC(=O)c2ccc([N+](=O)[O-])cc2)[C@@H]1OC(C)=O. The largest absolute Gasteiger partial charge is 0.463 e. The summed E-state index contributed by atoms with van der Waals surface area (Å²) in [5, 5.41) is 13.7. The molecular formula is C21H19FN6O9. The first kappa shape index (κ1) is 25.4. The molecule has 3 aromatic rings. The second-order valence-corrected chi connectivity index (χ2v) is 7.73. The highest BCUT2D eigenvalue weighted by molar-refractivity contribution is 5.90. The van der Waals surface area contributed by atoms with Gasteiger partial charge in [0.2, 0.25) is 0 Å². The summed E-state index contributed by atoms with van der Waals surface area (Å²) < 4.78 is 35.7. The molecule has 194 valence electrons. The lowest BCUT2D eigenvalue weighted by atomic mass is 10.1. The lowest BCUT2D eigenvalue weighted by Crippen LogP contribution is -2.43. The number of nitro benzene ring substituents is 1. The van der Waals surface area contributed by atoms with Crippen LogP contribution in [-0.2, 0) is 28.5 Å². The molecule has 1 aliphatic rings. The van der Waals surface area contributed by atoms with Gasteiger partial charge in [-0.3, -0.25) is 19.7 Å². The number of nitro groups is 1. The van der Waals surface area contributed by atoms with Crippen molar-refractivity contribution < 1.29 is 42.6 Å². The fourth-order valence-electron chi connectivity index (χ4n) is 3.60. The van der Waals surface area contributed by atoms with E-state index in [2.05, 4.69) is 25.3 Å². The molecule has 16 heteroatoms. The van der Waals surface area contributed by atoms with Gasteiger partial charge in [-0.05, 0) is 12.1 Å². The number of carbonyl (C=O) groups is 3. The molecule has 0 spiro atoms. The molecule has 1 unspecified atom stereocenters. The Balaban J connectivity index is 1.66. The van der Waals surface area contributed by atoms with Gasteiger partial charge in [-0.15, -0.1) is 0 Å². The molecule has 0 saturated carbocycles. The zero-order valence-electron chi connectivity index (χ0n) is 19.2. The molecule has 1 saturated heterocycles. The van der Waals surface area contributed by atoms with Crippen LogP contribution >= 0.6 is 0 Å². The number of hydrogen-bond donors (Lipinski definition) is 2. The van der Waals surface area contributed by atoms with E-state index in [1.807, 2.05) is 0 Å². The van der Waals surface area contributed by atoms with E-state index in [4.69, 9.17) is 18.9 Å². The number of ether oxygens (including phenoxy) is 4. The van der Waals surface area contributed by atoms with Gasteiger partial charge in [-0.25, -0.2) is 9.78 Å². The summed E-state index contributed by atoms with van der Waals surface area (Å²) in [4.78, 5) is 60.2. The molecule has 0 bridgehead atoms. The molecule has 2 aromatic heterocycles. The summed E-state index contributed by atoms with van der Waals surface area (Å²) in [6, 6.07) is 4.60. The molecule has 2 N–H and O–H groups in total. The second kappa shape index (κ2) is 10.5. The minimum Gasteiger partial charge on any atom is -0.463 e. The van der Waals surface area contributed by atoms with E-state index in [9.17, 15) is 28.9 Å². The van der Waals surface area contributed by atoms with Crippen LogP contribution in [0.3, 0.4) is 0 Å². The van der Waals surface area contributed by atoms with Crippen molar-refractivity contribution in [1.82, 2.24) is 19.9 Å². The number of nitrogens with one attached hydrogen (secondary N) is 2. The smallest absolute Gasteiger partial charge is 0.338 e. The number of carbonyl (C=O) groups excluding carboxylic acids is 3. The van der Waals surface area contributed by atoms with Gasteiger partial charge in [0.05, 0.1) is 16.8 Å². The van der Waals surface area contributed by atoms with Crippen molar-refractivity contribution >= 4 is 40.6 Å². The number of aromatic amines is 1. The minimum absolute atomic E-state index is 0.000389. The topological polar surface area (TPSA) is 198 Å². The van der Waals surface area contributed by atoms with Crippen LogP contribution in [0.25, 0.3) is 11.2 Å². The maximum absolute atomic E-state index is 14.0. The average molecular weight is 518 g/mol. The van der Waals surface area contributed by atoms with Crippen LogP contribution in [0.2, 0.25) is 0 Å². The number of imidazole rings is 1. The van der Waals surface area contributed by atoms with Crippen molar-refractivity contribution in [3.05, 3.63) is 52.3 Å². The first-order chi connectivity index (χ1) is 17.6. The highest BCUT2D eigenvalue weighted by Gasteiger charge is 2.50. The molecule has 0 radical (unpaired) electrons. The summed E-state index contributed by atoms with van der Waals surface area (Å²) in [7, 11) is 0. The van der Waals surface area contributed by atoms with Crippen LogP contribution in [0, 0.1) is 16.2 Å². The molecular weight excluding hydrogens is 499 g/mol. The van der Waals surface area contributed by atoms with Gasteiger partial charge in [0.25, 0.3) is 5.69 Å². The Kier molecular flexibility index (Phi) is 7.19. The highest BCUT2D eigenvalue weighted by atomic mass is 19.1. The van der Waals surface area contributed by atoms with Crippen LogP contribution < -0.4 is 5.32 Å². The van der Waals surface area contributed by atoms with Gasteiger partial charge in [0, 0.05) is 26.0 Å². The van der Waals surface area contributed by atoms with E-state index < -0.39 is 53.4 Å². The zero-order chi connectivity index (χ0) is 26.7. The van der Waals surface area contributed by atoms with Gasteiger partial charge in [-0.2, -0.15) is 14.4 Å². The molecule has 3 heterocycles. The third-order valence-corrected chi connectivity index (χ3v) is 5.16. The Bertz CT molecular complexity index is 1350. The number of non-ortho nitro benzene ring substituents is 1. The van der Waals surface area contributed by atoms with Gasteiger partial charge in [0.15, 0.2) is 29.9 Å². The third kappa shape index (κ3) is 5.75. The lowest BCUT2D eigenvalue weighted by molar-refractivity contribution is -0.384. The number of nitrogens with zero attached hydrogens (tertiary/aromatic N) is 4. The van der Waals surface area contributed by atoms with E-state index in [1.165, 1.54) is 18.5 Å². The van der Waals surface area contributed by atoms with Crippen LogP contribution in [0.15, 0.2) is 30.6 Å². The van der Waals surface area contributed by atoms with Crippen LogP contribution in [0.1, 0.15) is 24.2 Å². The van der Waals surface area contributed by atoms with Gasteiger partial charge >= 0.3 is 24.0 Å². The molecule has 0 amide bonds. The average Bonchev–Trinajstić information content (AvgIpc) is 3.42. The summed E-state index contributed by atoms with van der Waals surface area (Å²) in [5.41, 5.74) is -0.0781. The first-order valence-electron chi connectivity index (χ1n) is 10.7. The van der Waals surface area contributed by atoms with E-state index in [-0.39, 0.29) is 34.8 Å². The second-order valence-electron chi connectivity index (χ2n) is 7.73. The number of esters is 3. The molecule has 0 aliphatic carbocycles. The maximum Gasteiger partial charge on any atom is 0.338 e. The minimum atomic E-state index is -1.36. The third-order valence-electron chi connectivity index (χ3n) is 5.16. The van der Waals surface area contributed by atoms with E-state index in [1.54, 1.807) is 0 Å². The Morgan fingerprint density at radius 3 is 2.51 bits per heavy atom. The monoisotopic (exact) mass is 518 g/mol. The quantitative estimate of drug-likeness (QED) is 0.142. The van der Waals surface area contributed by atoms with Crippen molar-refractivity contribution in [2.75, 3.05) is 11.9 Å². The molecule has 4 rings (SSSR count). The standard InChI is InChI=1S/C21H19FN6O9/c1-9(29)34-7-13-15(35-10(2)30)16(37-20(31)11-3-5-12(6-4-11)28(32)33)19(36-13)25-18-14-17(24-8-23-14)26-21(22)27-18/h3-6,8,13,15-16,19H,7H2,1-2H3,(H2,23,24,25,26,27)/t13-,15-,16+,19?/m1/s1. The summed E-state index contributed by atoms with van der Waals surface area (Å²) in [5.74, 6) is -2.42. The number of benzene rings is 1. The Morgan fingerprint density at radius 2 is 1.86 bits per heavy atom. The van der Waals surface area contributed by atoms with Gasteiger partial charge in [0.1, 0.15) is 18.2 Å². The number of anilines is 1. The predicted molar refractivity (Wildman–Crippen MR) is 118 cm³/mol. The van der Waals surface area contributed by atoms with Crippen molar-refractivity contribution in [3.8, 4) is 0 Å². The Labute approximate surface area is 206 Å². The van der Waals surface area contributed by atoms with Gasteiger partial charge in [-0.1, -0.05) is 0 Å². The van der Waals surface area contributed by atoms with Crippen molar-refractivity contribution in [3.63, 3.8) is 0 Å². The van der Waals surface area contributed by atoms with E-state index >= 15 is 0 Å². The molecule has 1 aromatic carbocycles.